The molecule has 0 aliphatic rings. The molecule has 0 fully saturated rings. The Balaban J connectivity index is 2.40. The van der Waals surface area contributed by atoms with Gasteiger partial charge in [-0.2, -0.15) is 13.2 Å². The summed E-state index contributed by atoms with van der Waals surface area (Å²) in [6, 6.07) is 3.27. The summed E-state index contributed by atoms with van der Waals surface area (Å²) in [6.45, 7) is 3.39. The number of sulfone groups is 1. The minimum Gasteiger partial charge on any atom is -0.297 e. The zero-order valence-corrected chi connectivity index (χ0v) is 16.5. The van der Waals surface area contributed by atoms with Crippen molar-refractivity contribution in [2.75, 3.05) is 6.26 Å². The van der Waals surface area contributed by atoms with Crippen LogP contribution in [0.5, 0.6) is 0 Å². The predicted molar refractivity (Wildman–Crippen MR) is 95.9 cm³/mol. The highest BCUT2D eigenvalue weighted by Crippen LogP contribution is 2.35. The molecule has 0 saturated heterocycles. The van der Waals surface area contributed by atoms with Gasteiger partial charge in [0.25, 0.3) is 5.56 Å². The number of halogens is 4. The van der Waals surface area contributed by atoms with Gasteiger partial charge in [-0.05, 0) is 29.5 Å². The van der Waals surface area contributed by atoms with Gasteiger partial charge in [-0.25, -0.2) is 17.8 Å². The molecule has 29 heavy (non-hydrogen) atoms. The summed E-state index contributed by atoms with van der Waals surface area (Å²) in [5, 5.41) is -0.671. The first-order valence-electron chi connectivity index (χ1n) is 8.41. The Labute approximate surface area is 163 Å². The van der Waals surface area contributed by atoms with E-state index in [9.17, 15) is 35.6 Å². The molecule has 6 nitrogen and oxygen atoms in total. The van der Waals surface area contributed by atoms with Crippen LogP contribution < -0.4 is 5.56 Å². The smallest absolute Gasteiger partial charge is 0.297 e. The number of carbonyl (C=O) groups is 1. The van der Waals surface area contributed by atoms with Gasteiger partial charge in [0.1, 0.15) is 11.5 Å². The molecular formula is C18H18F4N2O4S. The van der Waals surface area contributed by atoms with Gasteiger partial charge in [0.15, 0.2) is 5.78 Å². The second-order valence-electron chi connectivity index (χ2n) is 6.92. The van der Waals surface area contributed by atoms with Crippen molar-refractivity contribution in [3.05, 3.63) is 57.3 Å². The van der Waals surface area contributed by atoms with Crippen molar-refractivity contribution >= 4 is 15.6 Å². The van der Waals surface area contributed by atoms with Crippen molar-refractivity contribution in [3.8, 4) is 0 Å². The first-order chi connectivity index (χ1) is 13.2. The third kappa shape index (κ3) is 5.49. The normalized spacial score (nSPS) is 13.5. The summed E-state index contributed by atoms with van der Waals surface area (Å²) in [7, 11) is -3.88. The molecule has 0 aliphatic heterocycles. The largest absolute Gasteiger partial charge is 0.419 e. The van der Waals surface area contributed by atoms with Gasteiger partial charge in [0.05, 0.1) is 5.56 Å². The van der Waals surface area contributed by atoms with Gasteiger partial charge in [-0.1, -0.05) is 19.9 Å². The fourth-order valence-electron chi connectivity index (χ4n) is 2.79. The van der Waals surface area contributed by atoms with E-state index < -0.39 is 55.5 Å². The fourth-order valence-corrected chi connectivity index (χ4v) is 3.34. The van der Waals surface area contributed by atoms with Crippen LogP contribution >= 0.6 is 0 Å². The zero-order valence-electron chi connectivity index (χ0n) is 15.7. The molecule has 0 saturated carbocycles. The van der Waals surface area contributed by atoms with Gasteiger partial charge in [-0.3, -0.25) is 14.6 Å². The molecule has 0 radical (unpaired) electrons. The number of alkyl halides is 3. The first kappa shape index (κ1) is 22.7. The van der Waals surface area contributed by atoms with Crippen molar-refractivity contribution in [2.45, 2.75) is 37.5 Å². The molecule has 1 N–H and O–H groups in total. The maximum Gasteiger partial charge on any atom is 0.419 e. The second kappa shape index (κ2) is 8.05. The summed E-state index contributed by atoms with van der Waals surface area (Å²) in [6.07, 6.45) is -4.34. The van der Waals surface area contributed by atoms with E-state index in [0.717, 1.165) is 24.5 Å². The highest BCUT2D eigenvalue weighted by molar-refractivity contribution is 7.90. The third-order valence-corrected chi connectivity index (χ3v) is 5.19. The lowest BCUT2D eigenvalue weighted by Crippen LogP contribution is -2.20. The number of aromatic nitrogens is 2. The number of nitrogens with zero attached hydrogens (tertiary/aromatic N) is 1. The Morgan fingerprint density at radius 3 is 2.31 bits per heavy atom. The number of H-pyrrole nitrogens is 1. The second-order valence-corrected chi connectivity index (χ2v) is 8.85. The molecule has 0 spiro atoms. The number of hydrogen-bond donors (Lipinski definition) is 1. The Kier molecular flexibility index (Phi) is 6.31. The first-order valence-corrected chi connectivity index (χ1v) is 10.3. The van der Waals surface area contributed by atoms with Crippen molar-refractivity contribution in [1.29, 1.82) is 0 Å². The van der Waals surface area contributed by atoms with Crippen LogP contribution in [0.15, 0.2) is 34.2 Å². The van der Waals surface area contributed by atoms with E-state index in [-0.39, 0.29) is 17.9 Å². The highest BCUT2D eigenvalue weighted by Gasteiger charge is 2.34. The summed E-state index contributed by atoms with van der Waals surface area (Å²) >= 11 is 0. The number of ketones is 1. The number of rotatable bonds is 6. The SMILES string of the molecule is CC(C)[C@@H](CC(=O)c1cc(=O)[nH]c(S(C)(=O)=O)n1)c1ccc(C(F)(F)F)c(F)c1. The molecule has 2 rings (SSSR count). The molecule has 0 bridgehead atoms. The van der Waals surface area contributed by atoms with Crippen LogP contribution in [0.25, 0.3) is 0 Å². The number of Topliss-reactive ketones (excluding diaryl/α,β-unsaturated/α-hetero) is 1. The van der Waals surface area contributed by atoms with Gasteiger partial charge in [0.2, 0.25) is 15.0 Å². The molecule has 11 heteroatoms. The number of aromatic amines is 1. The quantitative estimate of drug-likeness (QED) is 0.427. The average molecular weight is 434 g/mol. The number of carbonyl (C=O) groups excluding carboxylic acids is 1. The number of benzene rings is 1. The molecule has 0 aliphatic carbocycles. The minimum absolute atomic E-state index is 0.173. The van der Waals surface area contributed by atoms with Crippen molar-refractivity contribution in [1.82, 2.24) is 9.97 Å². The lowest BCUT2D eigenvalue weighted by molar-refractivity contribution is -0.140. The third-order valence-electron chi connectivity index (χ3n) is 4.29. The van der Waals surface area contributed by atoms with Crippen LogP contribution in [0.2, 0.25) is 0 Å². The molecule has 0 amide bonds. The van der Waals surface area contributed by atoms with Crippen LogP contribution in [0.4, 0.5) is 17.6 Å². The highest BCUT2D eigenvalue weighted by atomic mass is 32.2. The monoisotopic (exact) mass is 434 g/mol. The van der Waals surface area contributed by atoms with E-state index in [1.165, 1.54) is 0 Å². The van der Waals surface area contributed by atoms with Gasteiger partial charge in [-0.15, -0.1) is 0 Å². The lowest BCUT2D eigenvalue weighted by atomic mass is 9.83. The summed E-state index contributed by atoms with van der Waals surface area (Å²) in [5.41, 5.74) is -2.48. The fraction of sp³-hybridized carbons (Fsp3) is 0.389. The average Bonchev–Trinajstić information content (AvgIpc) is 2.56. The summed E-state index contributed by atoms with van der Waals surface area (Å²) in [4.78, 5) is 29.9. The van der Waals surface area contributed by atoms with Gasteiger partial charge < -0.3 is 0 Å². The van der Waals surface area contributed by atoms with E-state index in [0.29, 0.717) is 6.07 Å². The predicted octanol–water partition coefficient (Wildman–Crippen LogP) is 3.34. The standard InChI is InChI=1S/C18H18F4N2O4S/c1-9(2)11(10-4-5-12(13(19)6-10)18(20,21)22)7-15(25)14-8-16(26)24-17(23-14)29(3,27)28/h4-6,8-9,11H,7H2,1-3H3,(H,23,24,26)/t11-/m1/s1. The molecule has 158 valence electrons. The van der Waals surface area contributed by atoms with E-state index in [2.05, 4.69) is 4.98 Å². The Bertz CT molecular complexity index is 1090. The molecular weight excluding hydrogens is 416 g/mol. The molecule has 0 unspecified atom stereocenters. The van der Waals surface area contributed by atoms with E-state index in [1.54, 1.807) is 13.8 Å². The number of hydrogen-bond acceptors (Lipinski definition) is 5. The molecule has 1 heterocycles. The van der Waals surface area contributed by atoms with E-state index in [4.69, 9.17) is 0 Å². The van der Waals surface area contributed by atoms with Crippen molar-refractivity contribution < 1.29 is 30.8 Å². The van der Waals surface area contributed by atoms with Crippen LogP contribution in [0.3, 0.4) is 0 Å². The maximum atomic E-state index is 13.9. The van der Waals surface area contributed by atoms with E-state index >= 15 is 0 Å². The van der Waals surface area contributed by atoms with Crippen LogP contribution in [-0.2, 0) is 16.0 Å². The van der Waals surface area contributed by atoms with Crippen LogP contribution in [0.1, 0.15) is 47.8 Å². The minimum atomic E-state index is -4.84. The molecule has 2 aromatic rings. The molecule has 1 aromatic heterocycles. The Morgan fingerprint density at radius 1 is 1.21 bits per heavy atom. The topological polar surface area (TPSA) is 97.0 Å². The van der Waals surface area contributed by atoms with Gasteiger partial charge >= 0.3 is 6.18 Å². The van der Waals surface area contributed by atoms with Gasteiger partial charge in [0, 0.05) is 18.7 Å². The Hall–Kier alpha value is -2.56. The summed E-state index contributed by atoms with van der Waals surface area (Å²) < 4.78 is 75.4. The maximum absolute atomic E-state index is 13.9. The summed E-state index contributed by atoms with van der Waals surface area (Å²) in [5.74, 6) is -3.10. The van der Waals surface area contributed by atoms with Crippen molar-refractivity contribution in [2.24, 2.45) is 5.92 Å². The molecule has 1 atom stereocenters. The number of nitrogens with one attached hydrogen (secondary N) is 1. The zero-order chi connectivity index (χ0) is 22.1. The van der Waals surface area contributed by atoms with E-state index in [1.807, 2.05) is 4.98 Å². The van der Waals surface area contributed by atoms with Crippen LogP contribution in [-0.4, -0.2) is 30.4 Å². The molecule has 1 aromatic carbocycles. The van der Waals surface area contributed by atoms with Crippen molar-refractivity contribution in [3.63, 3.8) is 0 Å². The lowest BCUT2D eigenvalue weighted by Gasteiger charge is -2.21. The van der Waals surface area contributed by atoms with Crippen LogP contribution in [0, 0.1) is 11.7 Å². The Morgan fingerprint density at radius 2 is 1.83 bits per heavy atom.